The summed E-state index contributed by atoms with van der Waals surface area (Å²) in [6.45, 7) is 1.77. The fraction of sp³-hybridized carbons (Fsp3) is 0.312. The average Bonchev–Trinajstić information content (AvgIpc) is 3.00. The largest absolute Gasteiger partial charge is 0.480 e. The first kappa shape index (κ1) is 18.0. The summed E-state index contributed by atoms with van der Waals surface area (Å²) >= 11 is 1.25. The van der Waals surface area contributed by atoms with Crippen LogP contribution in [0.3, 0.4) is 0 Å². The van der Waals surface area contributed by atoms with Gasteiger partial charge in [0.05, 0.1) is 12.2 Å². The number of nitrogens with zero attached hydrogens (tertiary/aromatic N) is 1. The summed E-state index contributed by atoms with van der Waals surface area (Å²) in [7, 11) is 0. The summed E-state index contributed by atoms with van der Waals surface area (Å²) in [4.78, 5) is 27.2. The zero-order valence-corrected chi connectivity index (χ0v) is 13.9. The van der Waals surface area contributed by atoms with Crippen molar-refractivity contribution in [1.82, 2.24) is 10.3 Å². The molecule has 0 radical (unpaired) electrons. The number of carboxylic acids is 1. The number of rotatable bonds is 8. The number of aromatic nitrogens is 1. The van der Waals surface area contributed by atoms with E-state index in [4.69, 9.17) is 5.11 Å². The minimum absolute atomic E-state index is 0.109. The highest BCUT2D eigenvalue weighted by molar-refractivity contribution is 7.14. The van der Waals surface area contributed by atoms with E-state index in [1.54, 1.807) is 17.5 Å². The number of hydrogen-bond donors (Lipinski definition) is 3. The number of benzene rings is 1. The first-order chi connectivity index (χ1) is 11.5. The van der Waals surface area contributed by atoms with Crippen LogP contribution in [0.25, 0.3) is 11.3 Å². The van der Waals surface area contributed by atoms with Crippen molar-refractivity contribution < 1.29 is 19.1 Å². The predicted octanol–water partition coefficient (Wildman–Crippen LogP) is 2.73. The molecule has 24 heavy (non-hydrogen) atoms. The zero-order chi connectivity index (χ0) is 17.5. The molecule has 3 N–H and O–H groups in total. The molecule has 128 valence electrons. The molecule has 0 saturated carbocycles. The third kappa shape index (κ3) is 5.10. The Balaban J connectivity index is 1.90. The standard InChI is InChI=1S/C16H18FN3O3S/c1-2-3-12(15(22)23)18-8-14(21)20-16-19-13(9-24-16)10-4-6-11(17)7-5-10/h4-7,9,12,18H,2-3,8H2,1H3,(H,22,23)(H,19,20,21). The highest BCUT2D eigenvalue weighted by atomic mass is 32.1. The van der Waals surface area contributed by atoms with Gasteiger partial charge in [-0.1, -0.05) is 13.3 Å². The molecule has 0 aliphatic heterocycles. The van der Waals surface area contributed by atoms with E-state index in [0.717, 1.165) is 5.56 Å². The lowest BCUT2D eigenvalue weighted by Gasteiger charge is -2.12. The zero-order valence-electron chi connectivity index (χ0n) is 13.1. The maximum Gasteiger partial charge on any atom is 0.320 e. The van der Waals surface area contributed by atoms with Gasteiger partial charge in [0.25, 0.3) is 0 Å². The maximum atomic E-state index is 12.9. The van der Waals surface area contributed by atoms with E-state index >= 15 is 0 Å². The van der Waals surface area contributed by atoms with Crippen molar-refractivity contribution in [2.24, 2.45) is 0 Å². The van der Waals surface area contributed by atoms with Gasteiger partial charge in [-0.05, 0) is 30.7 Å². The van der Waals surface area contributed by atoms with Gasteiger partial charge >= 0.3 is 5.97 Å². The molecule has 2 rings (SSSR count). The molecule has 0 saturated heterocycles. The SMILES string of the molecule is CCCC(NCC(=O)Nc1nc(-c2ccc(F)cc2)cs1)C(=O)O. The highest BCUT2D eigenvalue weighted by Gasteiger charge is 2.17. The number of carboxylic acid groups (broad SMARTS) is 1. The summed E-state index contributed by atoms with van der Waals surface area (Å²) in [6, 6.07) is 5.17. The van der Waals surface area contributed by atoms with Gasteiger partial charge in [-0.3, -0.25) is 14.9 Å². The van der Waals surface area contributed by atoms with Gasteiger partial charge < -0.3 is 10.4 Å². The van der Waals surface area contributed by atoms with Crippen molar-refractivity contribution in [1.29, 1.82) is 0 Å². The van der Waals surface area contributed by atoms with E-state index in [-0.39, 0.29) is 18.3 Å². The first-order valence-corrected chi connectivity index (χ1v) is 8.35. The molecule has 2 aromatic rings. The summed E-state index contributed by atoms with van der Waals surface area (Å²) in [5.74, 6) is -1.66. The van der Waals surface area contributed by atoms with E-state index in [0.29, 0.717) is 23.7 Å². The van der Waals surface area contributed by atoms with Gasteiger partial charge in [-0.25, -0.2) is 9.37 Å². The maximum absolute atomic E-state index is 12.9. The Kier molecular flexibility index (Phi) is 6.39. The number of aliphatic carboxylic acids is 1. The van der Waals surface area contributed by atoms with Crippen molar-refractivity contribution in [3.63, 3.8) is 0 Å². The smallest absolute Gasteiger partial charge is 0.320 e. The lowest BCUT2D eigenvalue weighted by atomic mass is 10.2. The van der Waals surface area contributed by atoms with E-state index in [2.05, 4.69) is 15.6 Å². The van der Waals surface area contributed by atoms with Crippen LogP contribution < -0.4 is 10.6 Å². The molecular weight excluding hydrogens is 333 g/mol. The Hall–Kier alpha value is -2.32. The van der Waals surface area contributed by atoms with Crippen LogP contribution in [0.5, 0.6) is 0 Å². The molecular formula is C16H18FN3O3S. The Morgan fingerprint density at radius 3 is 2.67 bits per heavy atom. The van der Waals surface area contributed by atoms with Gasteiger partial charge in [0, 0.05) is 10.9 Å². The lowest BCUT2D eigenvalue weighted by Crippen LogP contribution is -2.41. The van der Waals surface area contributed by atoms with E-state index in [1.165, 1.54) is 23.5 Å². The van der Waals surface area contributed by atoms with Crippen LogP contribution in [0.4, 0.5) is 9.52 Å². The monoisotopic (exact) mass is 351 g/mol. The normalized spacial score (nSPS) is 11.9. The summed E-state index contributed by atoms with van der Waals surface area (Å²) in [5, 5.41) is 16.5. The van der Waals surface area contributed by atoms with Gasteiger partial charge in [-0.15, -0.1) is 11.3 Å². The molecule has 1 unspecified atom stereocenters. The molecule has 6 nitrogen and oxygen atoms in total. The second-order valence-electron chi connectivity index (χ2n) is 5.15. The molecule has 1 heterocycles. The molecule has 0 aliphatic carbocycles. The van der Waals surface area contributed by atoms with Crippen LogP contribution in [-0.4, -0.2) is 34.6 Å². The van der Waals surface area contributed by atoms with Crippen LogP contribution in [0.2, 0.25) is 0 Å². The van der Waals surface area contributed by atoms with Crippen molar-refractivity contribution in [3.05, 3.63) is 35.5 Å². The van der Waals surface area contributed by atoms with Gasteiger partial charge in [-0.2, -0.15) is 0 Å². The van der Waals surface area contributed by atoms with Crippen LogP contribution in [0.1, 0.15) is 19.8 Å². The third-order valence-electron chi connectivity index (χ3n) is 3.27. The molecule has 1 aromatic carbocycles. The summed E-state index contributed by atoms with van der Waals surface area (Å²) in [5.41, 5.74) is 1.39. The van der Waals surface area contributed by atoms with Crippen LogP contribution in [0, 0.1) is 5.82 Å². The lowest BCUT2D eigenvalue weighted by molar-refractivity contribution is -0.139. The number of halogens is 1. The predicted molar refractivity (Wildman–Crippen MR) is 90.5 cm³/mol. The quantitative estimate of drug-likeness (QED) is 0.680. The van der Waals surface area contributed by atoms with Crippen molar-refractivity contribution in [2.45, 2.75) is 25.8 Å². The second-order valence-corrected chi connectivity index (χ2v) is 6.01. The van der Waals surface area contributed by atoms with Crippen molar-refractivity contribution in [3.8, 4) is 11.3 Å². The molecule has 1 aromatic heterocycles. The Bertz CT molecular complexity index is 703. The van der Waals surface area contributed by atoms with Crippen LogP contribution in [0.15, 0.2) is 29.6 Å². The molecule has 1 atom stereocenters. The highest BCUT2D eigenvalue weighted by Crippen LogP contribution is 2.24. The Morgan fingerprint density at radius 1 is 1.33 bits per heavy atom. The number of anilines is 1. The van der Waals surface area contributed by atoms with Crippen LogP contribution >= 0.6 is 11.3 Å². The first-order valence-electron chi connectivity index (χ1n) is 7.47. The van der Waals surface area contributed by atoms with Gasteiger partial charge in [0.15, 0.2) is 5.13 Å². The number of carbonyl (C=O) groups excluding carboxylic acids is 1. The van der Waals surface area contributed by atoms with E-state index in [1.807, 2.05) is 6.92 Å². The molecule has 1 amide bonds. The molecule has 0 bridgehead atoms. The Morgan fingerprint density at radius 2 is 2.04 bits per heavy atom. The minimum atomic E-state index is -0.975. The summed E-state index contributed by atoms with van der Waals surface area (Å²) in [6.07, 6.45) is 1.16. The topological polar surface area (TPSA) is 91.3 Å². The van der Waals surface area contributed by atoms with Gasteiger partial charge in [0.1, 0.15) is 11.9 Å². The van der Waals surface area contributed by atoms with E-state index < -0.39 is 12.0 Å². The average molecular weight is 351 g/mol. The van der Waals surface area contributed by atoms with Gasteiger partial charge in [0.2, 0.25) is 5.91 Å². The molecule has 8 heteroatoms. The summed E-state index contributed by atoms with van der Waals surface area (Å²) < 4.78 is 12.9. The molecule has 0 fully saturated rings. The number of nitrogens with one attached hydrogen (secondary N) is 2. The van der Waals surface area contributed by atoms with Crippen LogP contribution in [-0.2, 0) is 9.59 Å². The molecule has 0 spiro atoms. The van der Waals surface area contributed by atoms with Crippen molar-refractivity contribution >= 4 is 28.3 Å². The number of hydrogen-bond acceptors (Lipinski definition) is 5. The van der Waals surface area contributed by atoms with E-state index in [9.17, 15) is 14.0 Å². The Labute approximate surface area is 142 Å². The number of amides is 1. The van der Waals surface area contributed by atoms with Crippen molar-refractivity contribution in [2.75, 3.05) is 11.9 Å². The number of thiazole rings is 1. The number of carbonyl (C=O) groups is 2. The fourth-order valence-electron chi connectivity index (χ4n) is 2.07. The second kappa shape index (κ2) is 8.51. The molecule has 0 aliphatic rings. The fourth-order valence-corrected chi connectivity index (χ4v) is 2.80. The minimum Gasteiger partial charge on any atom is -0.480 e. The third-order valence-corrected chi connectivity index (χ3v) is 4.03.